The molecule has 2 heterocycles. The van der Waals surface area contributed by atoms with E-state index in [2.05, 4.69) is 84.2 Å². The van der Waals surface area contributed by atoms with Crippen molar-refractivity contribution in [2.24, 2.45) is 4.99 Å². The van der Waals surface area contributed by atoms with Crippen LogP contribution in [-0.2, 0) is 6.54 Å². The van der Waals surface area contributed by atoms with Gasteiger partial charge in [0.25, 0.3) is 0 Å². The largest absolute Gasteiger partial charge is 0.357 e. The number of nitrogens with zero attached hydrogens (tertiary/aromatic N) is 3. The third kappa shape index (κ3) is 4.04. The Morgan fingerprint density at radius 2 is 1.96 bits per heavy atom. The van der Waals surface area contributed by atoms with Crippen molar-refractivity contribution in [3.05, 3.63) is 71.2 Å². The Morgan fingerprint density at radius 1 is 1.15 bits per heavy atom. The number of rotatable bonds is 5. The average Bonchev–Trinajstić information content (AvgIpc) is 3.05. The van der Waals surface area contributed by atoms with Gasteiger partial charge in [-0.25, -0.2) is 9.98 Å². The lowest BCUT2D eigenvalue weighted by Crippen LogP contribution is -2.38. The van der Waals surface area contributed by atoms with Crippen molar-refractivity contribution < 1.29 is 0 Å². The quantitative estimate of drug-likeness (QED) is 0.545. The first-order chi connectivity index (χ1) is 12.6. The minimum atomic E-state index is 0.178. The summed E-state index contributed by atoms with van der Waals surface area (Å²) in [7, 11) is 0. The molecule has 0 fully saturated rings. The first-order valence-electron chi connectivity index (χ1n) is 9.12. The lowest BCUT2D eigenvalue weighted by Gasteiger charge is -2.19. The number of aliphatic imine (C=N–C) groups is 1. The molecule has 1 aromatic carbocycles. The second-order valence-corrected chi connectivity index (χ2v) is 6.55. The Bertz CT molecular complexity index is 910. The SMILES string of the molecule is CCNC(=NCc1cn2c(C)cccc2n1)NC(C)c1ccccc1C. The van der Waals surface area contributed by atoms with E-state index in [1.807, 2.05) is 12.1 Å². The van der Waals surface area contributed by atoms with Crippen molar-refractivity contribution in [2.45, 2.75) is 40.3 Å². The van der Waals surface area contributed by atoms with Gasteiger partial charge < -0.3 is 15.0 Å². The predicted octanol–water partition coefficient (Wildman–Crippen LogP) is 3.77. The first-order valence-corrected chi connectivity index (χ1v) is 9.12. The standard InChI is InChI=1S/C21H27N5/c1-5-22-21(24-17(4)19-11-7-6-9-15(19)2)23-13-18-14-26-16(3)10-8-12-20(26)25-18/h6-12,14,17H,5,13H2,1-4H3,(H2,22,23,24). The molecule has 1 unspecified atom stereocenters. The van der Waals surface area contributed by atoms with Gasteiger partial charge in [-0.15, -0.1) is 0 Å². The fourth-order valence-electron chi connectivity index (χ4n) is 3.11. The van der Waals surface area contributed by atoms with E-state index < -0.39 is 0 Å². The molecule has 0 aliphatic carbocycles. The molecule has 0 saturated heterocycles. The van der Waals surface area contributed by atoms with E-state index in [0.29, 0.717) is 6.54 Å². The van der Waals surface area contributed by atoms with E-state index in [9.17, 15) is 0 Å². The van der Waals surface area contributed by atoms with E-state index in [0.717, 1.165) is 23.8 Å². The third-order valence-electron chi connectivity index (χ3n) is 4.50. The molecule has 3 rings (SSSR count). The van der Waals surface area contributed by atoms with Gasteiger partial charge in [0.1, 0.15) is 5.65 Å². The molecule has 0 aliphatic heterocycles. The fraction of sp³-hybridized carbons (Fsp3) is 0.333. The summed E-state index contributed by atoms with van der Waals surface area (Å²) in [5.41, 5.74) is 5.64. The van der Waals surface area contributed by atoms with Crippen LogP contribution in [0.5, 0.6) is 0 Å². The summed E-state index contributed by atoms with van der Waals surface area (Å²) in [4.78, 5) is 9.38. The van der Waals surface area contributed by atoms with E-state index in [1.54, 1.807) is 0 Å². The lowest BCUT2D eigenvalue weighted by molar-refractivity contribution is 0.682. The highest BCUT2D eigenvalue weighted by Crippen LogP contribution is 2.16. The van der Waals surface area contributed by atoms with Gasteiger partial charge in [-0.1, -0.05) is 30.3 Å². The number of aryl methyl sites for hydroxylation is 2. The molecule has 0 aliphatic rings. The normalized spacial score (nSPS) is 13.0. The zero-order chi connectivity index (χ0) is 18.5. The van der Waals surface area contributed by atoms with E-state index >= 15 is 0 Å². The number of aromatic nitrogens is 2. The second-order valence-electron chi connectivity index (χ2n) is 6.55. The van der Waals surface area contributed by atoms with Crippen molar-refractivity contribution in [1.29, 1.82) is 0 Å². The summed E-state index contributed by atoms with van der Waals surface area (Å²) in [5, 5.41) is 6.82. The first kappa shape index (κ1) is 18.0. The van der Waals surface area contributed by atoms with Crippen LogP contribution in [0.1, 0.15) is 42.4 Å². The van der Waals surface area contributed by atoms with Gasteiger partial charge in [0.15, 0.2) is 5.96 Å². The van der Waals surface area contributed by atoms with Crippen LogP contribution in [0.25, 0.3) is 5.65 Å². The number of benzene rings is 1. The molecule has 1 atom stereocenters. The van der Waals surface area contributed by atoms with Gasteiger partial charge in [-0.05, 0) is 51.0 Å². The van der Waals surface area contributed by atoms with Gasteiger partial charge in [-0.3, -0.25) is 0 Å². The molecule has 136 valence electrons. The molecule has 2 aromatic heterocycles. The molecule has 0 bridgehead atoms. The average molecular weight is 349 g/mol. The molecule has 0 saturated carbocycles. The van der Waals surface area contributed by atoms with E-state index in [4.69, 9.17) is 4.99 Å². The highest BCUT2D eigenvalue weighted by atomic mass is 15.2. The zero-order valence-electron chi connectivity index (χ0n) is 16.0. The van der Waals surface area contributed by atoms with Gasteiger partial charge in [-0.2, -0.15) is 0 Å². The zero-order valence-corrected chi connectivity index (χ0v) is 16.0. The number of hydrogen-bond donors (Lipinski definition) is 2. The Labute approximate surface area is 155 Å². The van der Waals surface area contributed by atoms with Gasteiger partial charge in [0, 0.05) is 18.4 Å². The second kappa shape index (κ2) is 8.04. The summed E-state index contributed by atoms with van der Waals surface area (Å²) in [6, 6.07) is 14.7. The van der Waals surface area contributed by atoms with Crippen LogP contribution in [0.4, 0.5) is 0 Å². The fourth-order valence-corrected chi connectivity index (χ4v) is 3.11. The molecular weight excluding hydrogens is 322 g/mol. The van der Waals surface area contributed by atoms with Crippen molar-refractivity contribution in [3.63, 3.8) is 0 Å². The molecule has 3 aromatic rings. The maximum atomic E-state index is 4.72. The molecule has 0 spiro atoms. The van der Waals surface area contributed by atoms with Gasteiger partial charge >= 0.3 is 0 Å². The summed E-state index contributed by atoms with van der Waals surface area (Å²) >= 11 is 0. The highest BCUT2D eigenvalue weighted by molar-refractivity contribution is 5.80. The summed E-state index contributed by atoms with van der Waals surface area (Å²) in [6.45, 7) is 9.80. The van der Waals surface area contributed by atoms with Crippen LogP contribution in [0, 0.1) is 13.8 Å². The van der Waals surface area contributed by atoms with Crippen LogP contribution < -0.4 is 10.6 Å². The number of imidazole rings is 1. The monoisotopic (exact) mass is 349 g/mol. The third-order valence-corrected chi connectivity index (χ3v) is 4.50. The molecule has 2 N–H and O–H groups in total. The summed E-state index contributed by atoms with van der Waals surface area (Å²) in [6.07, 6.45) is 2.06. The van der Waals surface area contributed by atoms with Crippen molar-refractivity contribution in [1.82, 2.24) is 20.0 Å². The minimum absolute atomic E-state index is 0.178. The summed E-state index contributed by atoms with van der Waals surface area (Å²) in [5.74, 6) is 0.803. The van der Waals surface area contributed by atoms with Crippen molar-refractivity contribution >= 4 is 11.6 Å². The predicted molar refractivity (Wildman–Crippen MR) is 107 cm³/mol. The van der Waals surface area contributed by atoms with Crippen LogP contribution in [0.15, 0.2) is 53.7 Å². The molecule has 26 heavy (non-hydrogen) atoms. The molecule has 5 heteroatoms. The number of guanidine groups is 1. The smallest absolute Gasteiger partial charge is 0.192 e. The number of hydrogen-bond acceptors (Lipinski definition) is 2. The molecule has 0 radical (unpaired) electrons. The molecular formula is C21H27N5. The van der Waals surface area contributed by atoms with Gasteiger partial charge in [0.05, 0.1) is 18.3 Å². The summed E-state index contributed by atoms with van der Waals surface area (Å²) < 4.78 is 2.10. The van der Waals surface area contributed by atoms with Crippen LogP contribution in [0.3, 0.4) is 0 Å². The topological polar surface area (TPSA) is 53.7 Å². The van der Waals surface area contributed by atoms with Crippen LogP contribution in [0.2, 0.25) is 0 Å². The number of nitrogens with one attached hydrogen (secondary N) is 2. The van der Waals surface area contributed by atoms with Gasteiger partial charge in [0.2, 0.25) is 0 Å². The van der Waals surface area contributed by atoms with Crippen molar-refractivity contribution in [3.8, 4) is 0 Å². The Kier molecular flexibility index (Phi) is 5.56. The minimum Gasteiger partial charge on any atom is -0.357 e. The lowest BCUT2D eigenvalue weighted by atomic mass is 10.0. The van der Waals surface area contributed by atoms with Crippen LogP contribution >= 0.6 is 0 Å². The highest BCUT2D eigenvalue weighted by Gasteiger charge is 2.10. The van der Waals surface area contributed by atoms with E-state index in [1.165, 1.54) is 16.8 Å². The Morgan fingerprint density at radius 3 is 2.69 bits per heavy atom. The number of fused-ring (bicyclic) bond motifs is 1. The number of pyridine rings is 1. The maximum Gasteiger partial charge on any atom is 0.192 e. The molecule has 0 amide bonds. The maximum absolute atomic E-state index is 4.72. The van der Waals surface area contributed by atoms with E-state index in [-0.39, 0.29) is 6.04 Å². The van der Waals surface area contributed by atoms with Crippen molar-refractivity contribution in [2.75, 3.05) is 6.54 Å². The Balaban J connectivity index is 1.76. The van der Waals surface area contributed by atoms with Crippen LogP contribution in [-0.4, -0.2) is 21.9 Å². The molecule has 5 nitrogen and oxygen atoms in total. The Hall–Kier alpha value is -2.82.